The van der Waals surface area contributed by atoms with Crippen LogP contribution in [0.2, 0.25) is 0 Å². The van der Waals surface area contributed by atoms with Crippen molar-refractivity contribution >= 4 is 29.1 Å². The Morgan fingerprint density at radius 3 is 1.41 bits per heavy atom. The summed E-state index contributed by atoms with van der Waals surface area (Å²) in [5.41, 5.74) is -0.176. The molecule has 0 aliphatic rings. The number of carbonyl (C=O) groups is 3. The van der Waals surface area contributed by atoms with Crippen molar-refractivity contribution in [1.82, 2.24) is 5.32 Å². The van der Waals surface area contributed by atoms with E-state index in [4.69, 9.17) is 0 Å². The van der Waals surface area contributed by atoms with Crippen molar-refractivity contribution in [3.8, 4) is 0 Å². The summed E-state index contributed by atoms with van der Waals surface area (Å²) < 4.78 is 0. The highest BCUT2D eigenvalue weighted by Crippen LogP contribution is 2.27. The number of anilines is 2. The Kier molecular flexibility index (Phi) is 7.63. The smallest absolute Gasteiger partial charge is 0.251 e. The van der Waals surface area contributed by atoms with Crippen molar-refractivity contribution in [3.05, 3.63) is 23.8 Å². The fourth-order valence-corrected chi connectivity index (χ4v) is 2.24. The van der Waals surface area contributed by atoms with E-state index in [1.807, 2.05) is 62.3 Å². The number of benzene rings is 1. The maximum atomic E-state index is 12.7. The van der Waals surface area contributed by atoms with Crippen LogP contribution in [0, 0.1) is 10.8 Å². The first-order valence-corrected chi connectivity index (χ1v) is 10.2. The molecule has 1 aromatic rings. The van der Waals surface area contributed by atoms with Crippen LogP contribution in [0.1, 0.15) is 85.5 Å². The Balaban J connectivity index is 3.30. The van der Waals surface area contributed by atoms with Gasteiger partial charge in [-0.2, -0.15) is 0 Å². The molecule has 3 amide bonds. The molecule has 0 spiro atoms. The standard InChI is InChI=1S/C23H37N3O3/c1-10-22(6,7)19(28)24-16-12-15(18(27)26-21(3,4)5)13-17(14-16)25-20(29)23(8,9)11-2/h12-14H,10-11H2,1-9H3,(H,24,28)(H,25,29)(H,26,27). The molecule has 0 fully saturated rings. The quantitative estimate of drug-likeness (QED) is 0.601. The van der Waals surface area contributed by atoms with Gasteiger partial charge in [0.1, 0.15) is 0 Å². The third-order valence-corrected chi connectivity index (χ3v) is 5.20. The first-order valence-electron chi connectivity index (χ1n) is 10.2. The van der Waals surface area contributed by atoms with Crippen molar-refractivity contribution in [1.29, 1.82) is 0 Å². The number of hydrogen-bond donors (Lipinski definition) is 3. The molecule has 6 nitrogen and oxygen atoms in total. The molecule has 0 saturated heterocycles. The molecule has 0 aromatic heterocycles. The van der Waals surface area contributed by atoms with Crippen LogP contribution >= 0.6 is 0 Å². The Bertz CT molecular complexity index is 726. The zero-order chi connectivity index (χ0) is 22.6. The first kappa shape index (κ1) is 24.7. The van der Waals surface area contributed by atoms with E-state index in [9.17, 15) is 14.4 Å². The van der Waals surface area contributed by atoms with Gasteiger partial charge in [-0.05, 0) is 51.8 Å². The van der Waals surface area contributed by atoms with Crippen LogP contribution in [-0.4, -0.2) is 23.3 Å². The molecule has 0 atom stereocenters. The van der Waals surface area contributed by atoms with E-state index >= 15 is 0 Å². The van der Waals surface area contributed by atoms with Crippen LogP contribution in [0.15, 0.2) is 18.2 Å². The molecule has 0 bridgehead atoms. The van der Waals surface area contributed by atoms with E-state index in [2.05, 4.69) is 16.0 Å². The average Bonchev–Trinajstić information content (AvgIpc) is 2.59. The molecule has 0 aliphatic carbocycles. The molecule has 0 saturated carbocycles. The fourth-order valence-electron chi connectivity index (χ4n) is 2.24. The van der Waals surface area contributed by atoms with Gasteiger partial charge in [-0.1, -0.05) is 41.5 Å². The molecule has 1 aromatic carbocycles. The molecular formula is C23H37N3O3. The highest BCUT2D eigenvalue weighted by molar-refractivity contribution is 6.02. The van der Waals surface area contributed by atoms with E-state index < -0.39 is 16.4 Å². The van der Waals surface area contributed by atoms with Gasteiger partial charge in [-0.15, -0.1) is 0 Å². The maximum absolute atomic E-state index is 12.7. The third-order valence-electron chi connectivity index (χ3n) is 5.20. The Hall–Kier alpha value is -2.37. The summed E-state index contributed by atoms with van der Waals surface area (Å²) in [5.74, 6) is -0.548. The van der Waals surface area contributed by atoms with Gasteiger partial charge in [0.25, 0.3) is 5.91 Å². The lowest BCUT2D eigenvalue weighted by molar-refractivity contribution is -0.124. The van der Waals surface area contributed by atoms with Crippen LogP contribution in [0.25, 0.3) is 0 Å². The second-order valence-electron chi connectivity index (χ2n) is 9.89. The van der Waals surface area contributed by atoms with Gasteiger partial charge in [0.05, 0.1) is 0 Å². The first-order chi connectivity index (χ1) is 13.1. The molecule has 162 valence electrons. The van der Waals surface area contributed by atoms with E-state index in [1.165, 1.54) is 0 Å². The van der Waals surface area contributed by atoms with E-state index in [-0.39, 0.29) is 17.7 Å². The molecule has 6 heteroatoms. The molecule has 0 heterocycles. The summed E-state index contributed by atoms with van der Waals surface area (Å²) in [7, 11) is 0. The monoisotopic (exact) mass is 403 g/mol. The second kappa shape index (κ2) is 8.97. The van der Waals surface area contributed by atoms with Crippen molar-refractivity contribution in [2.45, 2.75) is 80.7 Å². The van der Waals surface area contributed by atoms with Crippen LogP contribution in [0.3, 0.4) is 0 Å². The average molecular weight is 404 g/mol. The molecule has 29 heavy (non-hydrogen) atoms. The fraction of sp³-hybridized carbons (Fsp3) is 0.609. The van der Waals surface area contributed by atoms with Gasteiger partial charge in [0, 0.05) is 33.3 Å². The van der Waals surface area contributed by atoms with Crippen molar-refractivity contribution in [2.24, 2.45) is 10.8 Å². The summed E-state index contributed by atoms with van der Waals surface area (Å²) in [6.45, 7) is 17.1. The van der Waals surface area contributed by atoms with Gasteiger partial charge >= 0.3 is 0 Å². The number of rotatable bonds is 7. The number of hydrogen-bond acceptors (Lipinski definition) is 3. The SMILES string of the molecule is CCC(C)(C)C(=O)Nc1cc(NC(=O)C(C)(C)CC)cc(C(=O)NC(C)(C)C)c1. The lowest BCUT2D eigenvalue weighted by Crippen LogP contribution is -2.40. The van der Waals surface area contributed by atoms with Gasteiger partial charge in [0.15, 0.2) is 0 Å². The Morgan fingerprint density at radius 2 is 1.10 bits per heavy atom. The molecule has 0 unspecified atom stereocenters. The number of carbonyl (C=O) groups excluding carboxylic acids is 3. The van der Waals surface area contributed by atoms with Gasteiger partial charge < -0.3 is 16.0 Å². The lowest BCUT2D eigenvalue weighted by Gasteiger charge is -2.24. The van der Waals surface area contributed by atoms with Gasteiger partial charge in [-0.25, -0.2) is 0 Å². The maximum Gasteiger partial charge on any atom is 0.251 e. The van der Waals surface area contributed by atoms with Gasteiger partial charge in [-0.3, -0.25) is 14.4 Å². The highest BCUT2D eigenvalue weighted by atomic mass is 16.2. The van der Waals surface area contributed by atoms with Crippen LogP contribution in [0.4, 0.5) is 11.4 Å². The van der Waals surface area contributed by atoms with Crippen molar-refractivity contribution in [3.63, 3.8) is 0 Å². The minimum atomic E-state index is -0.544. The minimum Gasteiger partial charge on any atom is -0.347 e. The normalized spacial score (nSPS) is 12.3. The third kappa shape index (κ3) is 7.18. The predicted molar refractivity (Wildman–Crippen MR) is 119 cm³/mol. The molecule has 0 radical (unpaired) electrons. The zero-order valence-corrected chi connectivity index (χ0v) is 19.4. The van der Waals surface area contributed by atoms with Crippen LogP contribution in [0.5, 0.6) is 0 Å². The van der Waals surface area contributed by atoms with Crippen LogP contribution in [-0.2, 0) is 9.59 Å². The number of amides is 3. The largest absolute Gasteiger partial charge is 0.347 e. The highest BCUT2D eigenvalue weighted by Gasteiger charge is 2.27. The lowest BCUT2D eigenvalue weighted by atomic mass is 9.89. The van der Waals surface area contributed by atoms with E-state index in [0.717, 1.165) is 0 Å². The summed E-state index contributed by atoms with van der Waals surface area (Å²) in [5, 5.41) is 8.69. The second-order valence-corrected chi connectivity index (χ2v) is 9.89. The van der Waals surface area contributed by atoms with Crippen molar-refractivity contribution in [2.75, 3.05) is 10.6 Å². The topological polar surface area (TPSA) is 87.3 Å². The van der Waals surface area contributed by atoms with Gasteiger partial charge in [0.2, 0.25) is 11.8 Å². The summed E-state index contributed by atoms with van der Waals surface area (Å²) >= 11 is 0. The molecule has 1 rings (SSSR count). The van der Waals surface area contributed by atoms with Crippen molar-refractivity contribution < 1.29 is 14.4 Å². The Labute approximate surface area is 175 Å². The summed E-state index contributed by atoms with van der Waals surface area (Å²) in [6, 6.07) is 4.94. The minimum absolute atomic E-state index is 0.139. The summed E-state index contributed by atoms with van der Waals surface area (Å²) in [6.07, 6.45) is 1.36. The Morgan fingerprint density at radius 1 is 0.724 bits per heavy atom. The molecular weight excluding hydrogens is 366 g/mol. The number of nitrogens with one attached hydrogen (secondary N) is 3. The van der Waals surface area contributed by atoms with E-state index in [0.29, 0.717) is 29.8 Å². The van der Waals surface area contributed by atoms with E-state index in [1.54, 1.807) is 18.2 Å². The van der Waals surface area contributed by atoms with Crippen LogP contribution < -0.4 is 16.0 Å². The molecule has 0 aliphatic heterocycles. The summed E-state index contributed by atoms with van der Waals surface area (Å²) in [4.78, 5) is 37.9. The molecule has 3 N–H and O–H groups in total. The predicted octanol–water partition coefficient (Wildman–Crippen LogP) is 4.96. The zero-order valence-electron chi connectivity index (χ0n) is 19.4.